The van der Waals surface area contributed by atoms with Gasteiger partial charge in [0.15, 0.2) is 0 Å². The van der Waals surface area contributed by atoms with Crippen LogP contribution in [0.2, 0.25) is 0 Å². The van der Waals surface area contributed by atoms with Gasteiger partial charge in [0.05, 0.1) is 6.61 Å². The lowest BCUT2D eigenvalue weighted by Gasteiger charge is -2.11. The molecule has 0 spiro atoms. The maximum atomic E-state index is 10.5. The number of hydrogen-bond donors (Lipinski definition) is 2. The lowest BCUT2D eigenvalue weighted by Crippen LogP contribution is -2.14. The molecule has 0 saturated heterocycles. The molecule has 0 amide bonds. The van der Waals surface area contributed by atoms with Gasteiger partial charge in [0.25, 0.3) is 0 Å². The predicted octanol–water partition coefficient (Wildman–Crippen LogP) is 2.18. The Hall–Kier alpha value is -1.85. The van der Waals surface area contributed by atoms with Crippen molar-refractivity contribution < 1.29 is 14.6 Å². The monoisotopic (exact) mass is 267 g/mol. The van der Waals surface area contributed by atoms with E-state index in [-0.39, 0.29) is 12.3 Å². The van der Waals surface area contributed by atoms with Crippen molar-refractivity contribution in [2.45, 2.75) is 33.1 Å². The first kappa shape index (κ1) is 15.2. The molecule has 106 valence electrons. The normalized spacial score (nSPS) is 11.9. The number of rotatable bonds is 9. The first-order valence-electron chi connectivity index (χ1n) is 6.53. The van der Waals surface area contributed by atoms with E-state index >= 15 is 0 Å². The number of hydrogen-bond acceptors (Lipinski definition) is 5. The highest BCUT2D eigenvalue weighted by Crippen LogP contribution is 2.10. The summed E-state index contributed by atoms with van der Waals surface area (Å²) in [4.78, 5) is 18.8. The summed E-state index contributed by atoms with van der Waals surface area (Å²) in [5.41, 5.74) is 0. The van der Waals surface area contributed by atoms with Crippen molar-refractivity contribution in [1.29, 1.82) is 0 Å². The molecule has 6 heteroatoms. The highest BCUT2D eigenvalue weighted by atomic mass is 16.5. The Morgan fingerprint density at radius 3 is 3.05 bits per heavy atom. The molecule has 1 atom stereocenters. The molecule has 1 aromatic heterocycles. The van der Waals surface area contributed by atoms with Crippen LogP contribution < -0.4 is 10.1 Å². The van der Waals surface area contributed by atoms with Crippen LogP contribution in [0.5, 0.6) is 5.88 Å². The number of carboxylic acid groups (broad SMARTS) is 1. The Morgan fingerprint density at radius 2 is 2.37 bits per heavy atom. The van der Waals surface area contributed by atoms with Crippen LogP contribution >= 0.6 is 0 Å². The van der Waals surface area contributed by atoms with Gasteiger partial charge < -0.3 is 15.2 Å². The van der Waals surface area contributed by atoms with Crippen molar-refractivity contribution >= 4 is 11.9 Å². The van der Waals surface area contributed by atoms with Gasteiger partial charge in [-0.2, -0.15) is 4.98 Å². The van der Waals surface area contributed by atoms with Crippen LogP contribution in [-0.4, -0.2) is 34.2 Å². The minimum absolute atomic E-state index is 0.184. The van der Waals surface area contributed by atoms with E-state index in [1.165, 1.54) is 0 Å². The van der Waals surface area contributed by atoms with Gasteiger partial charge in [-0.15, -0.1) is 0 Å². The number of nitrogens with zero attached hydrogens (tertiary/aromatic N) is 2. The lowest BCUT2D eigenvalue weighted by molar-refractivity contribution is -0.137. The van der Waals surface area contributed by atoms with Gasteiger partial charge in [0.2, 0.25) is 11.8 Å². The Kier molecular flexibility index (Phi) is 6.63. The average molecular weight is 267 g/mol. The minimum atomic E-state index is -0.766. The van der Waals surface area contributed by atoms with E-state index < -0.39 is 5.97 Å². The van der Waals surface area contributed by atoms with E-state index in [2.05, 4.69) is 15.3 Å². The van der Waals surface area contributed by atoms with E-state index in [1.54, 1.807) is 12.3 Å². The van der Waals surface area contributed by atoms with Crippen LogP contribution in [0.1, 0.15) is 33.1 Å². The van der Waals surface area contributed by atoms with E-state index in [0.717, 1.165) is 6.42 Å². The number of carboxylic acids is 1. The third-order valence-electron chi connectivity index (χ3n) is 2.54. The third-order valence-corrected chi connectivity index (χ3v) is 2.54. The molecule has 6 nitrogen and oxygen atoms in total. The fourth-order valence-electron chi connectivity index (χ4n) is 1.45. The SMILES string of the molecule is CCCOc1ccnc(NCC(C)CCC(=O)O)n1. The van der Waals surface area contributed by atoms with Gasteiger partial charge >= 0.3 is 5.97 Å². The number of anilines is 1. The number of aromatic nitrogens is 2. The first-order valence-corrected chi connectivity index (χ1v) is 6.53. The molecule has 0 bridgehead atoms. The highest BCUT2D eigenvalue weighted by molar-refractivity contribution is 5.66. The number of aliphatic carboxylic acids is 1. The van der Waals surface area contributed by atoms with Crippen molar-refractivity contribution in [2.75, 3.05) is 18.5 Å². The second-order valence-electron chi connectivity index (χ2n) is 4.49. The third kappa shape index (κ3) is 6.59. The Morgan fingerprint density at radius 1 is 1.58 bits per heavy atom. The molecule has 1 unspecified atom stereocenters. The maximum Gasteiger partial charge on any atom is 0.303 e. The fourth-order valence-corrected chi connectivity index (χ4v) is 1.45. The van der Waals surface area contributed by atoms with E-state index in [9.17, 15) is 4.79 Å². The zero-order valence-corrected chi connectivity index (χ0v) is 11.4. The Bertz CT molecular complexity index is 398. The largest absolute Gasteiger partial charge is 0.481 e. The van der Waals surface area contributed by atoms with Crippen LogP contribution in [0.15, 0.2) is 12.3 Å². The second kappa shape index (κ2) is 8.29. The highest BCUT2D eigenvalue weighted by Gasteiger charge is 2.06. The molecule has 0 aliphatic rings. The zero-order valence-electron chi connectivity index (χ0n) is 11.4. The van der Waals surface area contributed by atoms with Crippen molar-refractivity contribution in [3.05, 3.63) is 12.3 Å². The van der Waals surface area contributed by atoms with Gasteiger partial charge in [-0.1, -0.05) is 13.8 Å². The van der Waals surface area contributed by atoms with Crippen molar-refractivity contribution in [3.8, 4) is 5.88 Å². The van der Waals surface area contributed by atoms with Crippen LogP contribution in [0, 0.1) is 5.92 Å². The van der Waals surface area contributed by atoms with Crippen LogP contribution in [0.4, 0.5) is 5.95 Å². The summed E-state index contributed by atoms with van der Waals surface area (Å²) < 4.78 is 5.41. The van der Waals surface area contributed by atoms with E-state index in [4.69, 9.17) is 9.84 Å². The summed E-state index contributed by atoms with van der Waals surface area (Å²) in [7, 11) is 0. The molecule has 0 aliphatic heterocycles. The molecule has 1 aromatic rings. The fraction of sp³-hybridized carbons (Fsp3) is 0.615. The smallest absolute Gasteiger partial charge is 0.303 e. The van der Waals surface area contributed by atoms with E-state index in [1.807, 2.05) is 13.8 Å². The average Bonchev–Trinajstić information content (AvgIpc) is 2.41. The molecule has 19 heavy (non-hydrogen) atoms. The molecule has 0 fully saturated rings. The topological polar surface area (TPSA) is 84.3 Å². The molecule has 0 aromatic carbocycles. The Labute approximate surface area is 113 Å². The summed E-state index contributed by atoms with van der Waals surface area (Å²) in [6.07, 6.45) is 3.39. The molecule has 1 heterocycles. The minimum Gasteiger partial charge on any atom is -0.481 e. The Balaban J connectivity index is 2.37. The molecule has 0 radical (unpaired) electrons. The van der Waals surface area contributed by atoms with Crippen molar-refractivity contribution in [3.63, 3.8) is 0 Å². The van der Waals surface area contributed by atoms with Crippen LogP contribution in [-0.2, 0) is 4.79 Å². The quantitative estimate of drug-likeness (QED) is 0.713. The van der Waals surface area contributed by atoms with Crippen LogP contribution in [0.25, 0.3) is 0 Å². The lowest BCUT2D eigenvalue weighted by atomic mass is 10.1. The second-order valence-corrected chi connectivity index (χ2v) is 4.49. The molecular formula is C13H21N3O3. The van der Waals surface area contributed by atoms with Gasteiger partial charge in [-0.05, 0) is 18.8 Å². The predicted molar refractivity (Wildman–Crippen MR) is 72.3 cm³/mol. The molecule has 0 saturated carbocycles. The number of ether oxygens (including phenoxy) is 1. The summed E-state index contributed by atoms with van der Waals surface area (Å²) in [6.45, 7) is 5.30. The van der Waals surface area contributed by atoms with Crippen molar-refractivity contribution in [2.24, 2.45) is 5.92 Å². The molecule has 1 rings (SSSR count). The van der Waals surface area contributed by atoms with Gasteiger partial charge in [-0.25, -0.2) is 4.98 Å². The molecular weight excluding hydrogens is 246 g/mol. The summed E-state index contributed by atoms with van der Waals surface area (Å²) >= 11 is 0. The zero-order chi connectivity index (χ0) is 14.1. The number of nitrogens with one attached hydrogen (secondary N) is 1. The van der Waals surface area contributed by atoms with E-state index in [0.29, 0.717) is 31.4 Å². The molecule has 2 N–H and O–H groups in total. The van der Waals surface area contributed by atoms with Gasteiger partial charge in [0.1, 0.15) is 0 Å². The maximum absolute atomic E-state index is 10.5. The van der Waals surface area contributed by atoms with Gasteiger partial charge in [-0.3, -0.25) is 4.79 Å². The summed E-state index contributed by atoms with van der Waals surface area (Å²) in [5, 5.41) is 11.7. The number of carbonyl (C=O) groups is 1. The molecule has 0 aliphatic carbocycles. The summed E-state index contributed by atoms with van der Waals surface area (Å²) in [5.74, 6) is 0.547. The first-order chi connectivity index (χ1) is 9.11. The summed E-state index contributed by atoms with van der Waals surface area (Å²) in [6, 6.07) is 1.72. The van der Waals surface area contributed by atoms with Gasteiger partial charge in [0, 0.05) is 25.2 Å². The van der Waals surface area contributed by atoms with Crippen LogP contribution in [0.3, 0.4) is 0 Å². The van der Waals surface area contributed by atoms with Crippen molar-refractivity contribution in [1.82, 2.24) is 9.97 Å². The standard InChI is InChI=1S/C13H21N3O3/c1-3-8-19-11-6-7-14-13(16-11)15-9-10(2)4-5-12(17)18/h6-7,10H,3-5,8-9H2,1-2H3,(H,17,18)(H,14,15,16).